The van der Waals surface area contributed by atoms with Crippen LogP contribution in [0.5, 0.6) is 0 Å². The zero-order chi connectivity index (χ0) is 22.7. The predicted octanol–water partition coefficient (Wildman–Crippen LogP) is 3.18. The van der Waals surface area contributed by atoms with Gasteiger partial charge in [-0.3, -0.25) is 4.79 Å². The van der Waals surface area contributed by atoms with Crippen molar-refractivity contribution in [1.29, 1.82) is 0 Å². The topological polar surface area (TPSA) is 113 Å². The summed E-state index contributed by atoms with van der Waals surface area (Å²) in [4.78, 5) is 27.4. The Bertz CT molecular complexity index is 1280. The third-order valence-electron chi connectivity index (χ3n) is 5.29. The summed E-state index contributed by atoms with van der Waals surface area (Å²) in [5.41, 5.74) is 3.83. The number of aliphatic carboxylic acids is 1. The molecule has 2 aromatic heterocycles. The van der Waals surface area contributed by atoms with Gasteiger partial charge in [-0.15, -0.1) is 10.2 Å². The third kappa shape index (κ3) is 4.52. The number of aryl methyl sites for hydroxylation is 1. The molecule has 2 aromatic carbocycles. The summed E-state index contributed by atoms with van der Waals surface area (Å²) < 4.78 is 1.83. The number of carbonyl (C=O) groups excluding carboxylic acids is 1. The Morgan fingerprint density at radius 3 is 2.69 bits per heavy atom. The lowest BCUT2D eigenvalue weighted by atomic mass is 10.1. The molecule has 2 heterocycles. The largest absolute Gasteiger partial charge is 0.480 e. The highest BCUT2D eigenvalue weighted by atomic mass is 32.2. The van der Waals surface area contributed by atoms with Crippen LogP contribution in [0.4, 0.5) is 0 Å². The molecule has 8 nitrogen and oxygen atoms in total. The standard InChI is InChI=1S/C23H23N5O3S/c1-14-7-3-4-8-16(14)21-26-27-23(28(21)2)32-13-20(29)25-19(22(30)31)11-15-12-24-18-10-6-5-9-17(15)18/h3-10,12,19,24H,11,13H2,1-2H3,(H,25,29)(H,30,31). The smallest absolute Gasteiger partial charge is 0.326 e. The summed E-state index contributed by atoms with van der Waals surface area (Å²) in [5, 5.41) is 22.2. The van der Waals surface area contributed by atoms with Crippen molar-refractivity contribution in [2.75, 3.05) is 5.75 Å². The van der Waals surface area contributed by atoms with Crippen molar-refractivity contribution < 1.29 is 14.7 Å². The molecule has 9 heteroatoms. The Hall–Kier alpha value is -3.59. The number of aromatic amines is 1. The van der Waals surface area contributed by atoms with Crippen LogP contribution in [0, 0.1) is 6.92 Å². The van der Waals surface area contributed by atoms with Crippen molar-refractivity contribution in [3.63, 3.8) is 0 Å². The maximum atomic E-state index is 12.5. The van der Waals surface area contributed by atoms with Crippen LogP contribution in [0.3, 0.4) is 0 Å². The van der Waals surface area contributed by atoms with Gasteiger partial charge < -0.3 is 20.0 Å². The van der Waals surface area contributed by atoms with Crippen LogP contribution in [-0.2, 0) is 23.1 Å². The molecular weight excluding hydrogens is 426 g/mol. The van der Waals surface area contributed by atoms with E-state index in [2.05, 4.69) is 20.5 Å². The van der Waals surface area contributed by atoms with E-state index in [1.165, 1.54) is 11.8 Å². The summed E-state index contributed by atoms with van der Waals surface area (Å²) in [6.07, 6.45) is 1.98. The van der Waals surface area contributed by atoms with E-state index in [1.807, 2.05) is 67.1 Å². The number of carboxylic acid groups (broad SMARTS) is 1. The number of para-hydroxylation sites is 1. The lowest BCUT2D eigenvalue weighted by Gasteiger charge is -2.14. The fourth-order valence-electron chi connectivity index (χ4n) is 3.59. The van der Waals surface area contributed by atoms with Gasteiger partial charge in [-0.25, -0.2) is 4.79 Å². The fraction of sp³-hybridized carbons (Fsp3) is 0.217. The van der Waals surface area contributed by atoms with E-state index in [-0.39, 0.29) is 18.1 Å². The van der Waals surface area contributed by atoms with Crippen molar-refractivity contribution in [2.24, 2.45) is 7.05 Å². The van der Waals surface area contributed by atoms with Crippen molar-refractivity contribution in [2.45, 2.75) is 24.5 Å². The van der Waals surface area contributed by atoms with Crippen molar-refractivity contribution in [1.82, 2.24) is 25.1 Å². The molecule has 164 valence electrons. The second kappa shape index (κ2) is 9.27. The molecule has 3 N–H and O–H groups in total. The molecule has 1 atom stereocenters. The maximum absolute atomic E-state index is 12.5. The van der Waals surface area contributed by atoms with Crippen molar-refractivity contribution >= 4 is 34.5 Å². The van der Waals surface area contributed by atoms with Crippen LogP contribution in [0.15, 0.2) is 59.9 Å². The zero-order valence-corrected chi connectivity index (χ0v) is 18.5. The van der Waals surface area contributed by atoms with E-state index in [9.17, 15) is 14.7 Å². The van der Waals surface area contributed by atoms with Gasteiger partial charge in [0.25, 0.3) is 0 Å². The molecule has 1 amide bonds. The monoisotopic (exact) mass is 449 g/mol. The van der Waals surface area contributed by atoms with E-state index >= 15 is 0 Å². The average Bonchev–Trinajstić information content (AvgIpc) is 3.35. The molecule has 4 aromatic rings. The summed E-state index contributed by atoms with van der Waals surface area (Å²) in [6, 6.07) is 14.5. The Kier molecular flexibility index (Phi) is 6.27. The number of carboxylic acids is 1. The van der Waals surface area contributed by atoms with E-state index in [0.29, 0.717) is 11.0 Å². The van der Waals surface area contributed by atoms with Gasteiger partial charge >= 0.3 is 5.97 Å². The molecule has 0 bridgehead atoms. The van der Waals surface area contributed by atoms with Crippen LogP contribution in [0.25, 0.3) is 22.3 Å². The van der Waals surface area contributed by atoms with Crippen LogP contribution >= 0.6 is 11.8 Å². The summed E-state index contributed by atoms with van der Waals surface area (Å²) in [6.45, 7) is 2.00. The van der Waals surface area contributed by atoms with Gasteiger partial charge in [0.15, 0.2) is 11.0 Å². The summed E-state index contributed by atoms with van der Waals surface area (Å²) in [7, 11) is 1.85. The Balaban J connectivity index is 1.40. The minimum Gasteiger partial charge on any atom is -0.480 e. The number of thioether (sulfide) groups is 1. The van der Waals surface area contributed by atoms with Crippen molar-refractivity contribution in [3.05, 3.63) is 65.9 Å². The maximum Gasteiger partial charge on any atom is 0.326 e. The molecule has 0 saturated carbocycles. The number of rotatable bonds is 8. The molecule has 0 aliphatic heterocycles. The van der Waals surface area contributed by atoms with Gasteiger partial charge in [0.1, 0.15) is 6.04 Å². The van der Waals surface area contributed by atoms with Gasteiger partial charge in [0.2, 0.25) is 5.91 Å². The highest BCUT2D eigenvalue weighted by Crippen LogP contribution is 2.25. The van der Waals surface area contributed by atoms with Crippen molar-refractivity contribution in [3.8, 4) is 11.4 Å². The number of H-pyrrole nitrogens is 1. The van der Waals surface area contributed by atoms with Crippen LogP contribution in [-0.4, -0.2) is 48.5 Å². The first kappa shape index (κ1) is 21.6. The highest BCUT2D eigenvalue weighted by molar-refractivity contribution is 7.99. The number of amides is 1. The van der Waals surface area contributed by atoms with Gasteiger partial charge in [0.05, 0.1) is 5.75 Å². The van der Waals surface area contributed by atoms with E-state index < -0.39 is 12.0 Å². The second-order valence-corrected chi connectivity index (χ2v) is 8.43. The minimum absolute atomic E-state index is 0.0391. The van der Waals surface area contributed by atoms with Gasteiger partial charge in [0, 0.05) is 36.1 Å². The summed E-state index contributed by atoms with van der Waals surface area (Å²) >= 11 is 1.22. The minimum atomic E-state index is -1.07. The molecule has 4 rings (SSSR count). The SMILES string of the molecule is Cc1ccccc1-c1nnc(SCC(=O)NC(Cc2c[nH]c3ccccc23)C(=O)O)n1C. The lowest BCUT2D eigenvalue weighted by molar-refractivity contribution is -0.141. The first-order valence-electron chi connectivity index (χ1n) is 10.1. The number of hydrogen-bond donors (Lipinski definition) is 3. The van der Waals surface area contributed by atoms with Crippen LogP contribution in [0.1, 0.15) is 11.1 Å². The molecule has 32 heavy (non-hydrogen) atoms. The number of fused-ring (bicyclic) bond motifs is 1. The number of carbonyl (C=O) groups is 2. The van der Waals surface area contributed by atoms with E-state index in [1.54, 1.807) is 6.20 Å². The van der Waals surface area contributed by atoms with Gasteiger partial charge in [-0.1, -0.05) is 54.2 Å². The highest BCUT2D eigenvalue weighted by Gasteiger charge is 2.22. The van der Waals surface area contributed by atoms with Crippen LogP contribution < -0.4 is 5.32 Å². The number of nitrogens with one attached hydrogen (secondary N) is 2. The number of aromatic nitrogens is 4. The molecule has 0 spiro atoms. The summed E-state index contributed by atoms with van der Waals surface area (Å²) in [5.74, 6) is -0.692. The van der Waals surface area contributed by atoms with Gasteiger partial charge in [-0.05, 0) is 24.1 Å². The Morgan fingerprint density at radius 1 is 1.16 bits per heavy atom. The third-order valence-corrected chi connectivity index (χ3v) is 6.31. The number of hydrogen-bond acceptors (Lipinski definition) is 5. The van der Waals surface area contributed by atoms with Crippen LogP contribution in [0.2, 0.25) is 0 Å². The molecule has 1 unspecified atom stereocenters. The average molecular weight is 450 g/mol. The lowest BCUT2D eigenvalue weighted by Crippen LogP contribution is -2.43. The molecule has 0 fully saturated rings. The first-order chi connectivity index (χ1) is 15.4. The Morgan fingerprint density at radius 2 is 1.91 bits per heavy atom. The quantitative estimate of drug-likeness (QED) is 0.356. The molecule has 0 aliphatic rings. The second-order valence-electron chi connectivity index (χ2n) is 7.49. The zero-order valence-electron chi connectivity index (χ0n) is 17.7. The normalized spacial score (nSPS) is 12.1. The van der Waals surface area contributed by atoms with E-state index in [0.717, 1.165) is 27.6 Å². The predicted molar refractivity (Wildman–Crippen MR) is 123 cm³/mol. The molecule has 0 aliphatic carbocycles. The first-order valence-corrected chi connectivity index (χ1v) is 11.1. The molecule has 0 saturated heterocycles. The fourth-order valence-corrected chi connectivity index (χ4v) is 4.31. The number of nitrogens with zero attached hydrogens (tertiary/aromatic N) is 3. The van der Waals surface area contributed by atoms with Gasteiger partial charge in [-0.2, -0.15) is 0 Å². The van der Waals surface area contributed by atoms with E-state index in [4.69, 9.17) is 0 Å². The number of benzene rings is 2. The Labute approximate surface area is 189 Å². The molecular formula is C23H23N5O3S. The molecule has 0 radical (unpaired) electrons.